The largest absolute Gasteiger partial charge is 0.481 e. The number of pyridine rings is 1. The maximum Gasteiger partial charge on any atom is 0.267 e. The third kappa shape index (κ3) is 2.07. The predicted molar refractivity (Wildman–Crippen MR) is 45.8 cm³/mol. The molecule has 0 bridgehead atoms. The van der Waals surface area contributed by atoms with Gasteiger partial charge in [0, 0.05) is 6.07 Å². The molecule has 0 spiro atoms. The van der Waals surface area contributed by atoms with E-state index >= 15 is 0 Å². The van der Waals surface area contributed by atoms with Crippen LogP contribution in [-0.2, 0) is 0 Å². The molecule has 0 aromatic carbocycles. The minimum Gasteiger partial charge on any atom is -0.481 e. The number of aromatic nitrogens is 1. The highest BCUT2D eigenvalue weighted by atomic mass is 19.3. The van der Waals surface area contributed by atoms with Crippen molar-refractivity contribution in [2.45, 2.75) is 6.43 Å². The SMILES string of the molecule is COc1cc(C#N)c(C(F)F)c(C=O)n1. The highest BCUT2D eigenvalue weighted by Gasteiger charge is 2.20. The summed E-state index contributed by atoms with van der Waals surface area (Å²) in [5, 5.41) is 8.62. The Bertz CT molecular complexity index is 427. The first-order valence-corrected chi connectivity index (χ1v) is 3.86. The lowest BCUT2D eigenvalue weighted by Crippen LogP contribution is -2.03. The molecule has 1 aromatic heterocycles. The van der Waals surface area contributed by atoms with Crippen molar-refractivity contribution in [3.8, 4) is 11.9 Å². The molecule has 0 saturated carbocycles. The number of alkyl halides is 2. The molecular weight excluding hydrogens is 206 g/mol. The molecule has 0 saturated heterocycles. The van der Waals surface area contributed by atoms with Gasteiger partial charge in [-0.2, -0.15) is 5.26 Å². The number of aldehydes is 1. The summed E-state index contributed by atoms with van der Waals surface area (Å²) in [6, 6.07) is 2.63. The van der Waals surface area contributed by atoms with E-state index in [2.05, 4.69) is 9.72 Å². The van der Waals surface area contributed by atoms with Gasteiger partial charge in [0.05, 0.1) is 24.3 Å². The van der Waals surface area contributed by atoms with Crippen molar-refractivity contribution in [3.05, 3.63) is 22.9 Å². The number of nitriles is 1. The fourth-order valence-corrected chi connectivity index (χ4v) is 1.07. The van der Waals surface area contributed by atoms with Gasteiger partial charge in [0.1, 0.15) is 5.69 Å². The average Bonchev–Trinajstić information content (AvgIpc) is 2.26. The van der Waals surface area contributed by atoms with Gasteiger partial charge in [-0.25, -0.2) is 13.8 Å². The minimum absolute atomic E-state index is 0.0435. The summed E-state index contributed by atoms with van der Waals surface area (Å²) >= 11 is 0. The number of carbonyl (C=O) groups is 1. The summed E-state index contributed by atoms with van der Waals surface area (Å²) < 4.78 is 29.7. The van der Waals surface area contributed by atoms with Gasteiger partial charge in [0.25, 0.3) is 6.43 Å². The number of carbonyl (C=O) groups excluding carboxylic acids is 1. The summed E-state index contributed by atoms with van der Waals surface area (Å²) in [6.07, 6.45) is -2.75. The van der Waals surface area contributed by atoms with Crippen LogP contribution in [0.15, 0.2) is 6.07 Å². The first kappa shape index (κ1) is 11.0. The molecule has 0 aliphatic carbocycles. The lowest BCUT2D eigenvalue weighted by atomic mass is 10.1. The van der Waals surface area contributed by atoms with E-state index in [-0.39, 0.29) is 17.7 Å². The number of methoxy groups -OCH3 is 1. The third-order valence-electron chi connectivity index (χ3n) is 1.72. The van der Waals surface area contributed by atoms with E-state index in [0.29, 0.717) is 0 Å². The van der Waals surface area contributed by atoms with Crippen LogP contribution >= 0.6 is 0 Å². The van der Waals surface area contributed by atoms with Crippen molar-refractivity contribution in [3.63, 3.8) is 0 Å². The van der Waals surface area contributed by atoms with Crippen LogP contribution in [0.4, 0.5) is 8.78 Å². The molecule has 1 heterocycles. The monoisotopic (exact) mass is 212 g/mol. The van der Waals surface area contributed by atoms with Crippen LogP contribution in [0.5, 0.6) is 5.88 Å². The van der Waals surface area contributed by atoms with Gasteiger partial charge >= 0.3 is 0 Å². The molecule has 0 N–H and O–H groups in total. The summed E-state index contributed by atoms with van der Waals surface area (Å²) in [4.78, 5) is 14.0. The number of nitrogens with zero attached hydrogens (tertiary/aromatic N) is 2. The van der Waals surface area contributed by atoms with Gasteiger partial charge < -0.3 is 4.74 Å². The minimum atomic E-state index is -2.92. The second-order valence-electron chi connectivity index (χ2n) is 2.54. The highest BCUT2D eigenvalue weighted by molar-refractivity contribution is 5.76. The highest BCUT2D eigenvalue weighted by Crippen LogP contribution is 2.27. The molecule has 0 unspecified atom stereocenters. The zero-order chi connectivity index (χ0) is 11.4. The Kier molecular flexibility index (Phi) is 3.29. The lowest BCUT2D eigenvalue weighted by molar-refractivity contribution is 0.110. The van der Waals surface area contributed by atoms with Gasteiger partial charge in [-0.3, -0.25) is 4.79 Å². The van der Waals surface area contributed by atoms with Crippen molar-refractivity contribution in [1.29, 1.82) is 5.26 Å². The quantitative estimate of drug-likeness (QED) is 0.715. The smallest absolute Gasteiger partial charge is 0.267 e. The lowest BCUT2D eigenvalue weighted by Gasteiger charge is -2.07. The van der Waals surface area contributed by atoms with Crippen molar-refractivity contribution in [1.82, 2.24) is 4.98 Å². The van der Waals surface area contributed by atoms with Crippen LogP contribution in [0.1, 0.15) is 28.0 Å². The fraction of sp³-hybridized carbons (Fsp3) is 0.222. The fourth-order valence-electron chi connectivity index (χ4n) is 1.07. The van der Waals surface area contributed by atoms with Gasteiger partial charge in [0.2, 0.25) is 5.88 Å². The molecule has 78 valence electrons. The van der Waals surface area contributed by atoms with Gasteiger partial charge in [0.15, 0.2) is 6.29 Å². The zero-order valence-electron chi connectivity index (χ0n) is 7.70. The summed E-state index contributed by atoms with van der Waals surface area (Å²) in [5.41, 5.74) is -1.44. The average molecular weight is 212 g/mol. The normalized spacial score (nSPS) is 9.80. The number of ether oxygens (including phenoxy) is 1. The molecule has 0 radical (unpaired) electrons. The van der Waals surface area contributed by atoms with E-state index in [1.807, 2.05) is 0 Å². The second kappa shape index (κ2) is 4.46. The zero-order valence-corrected chi connectivity index (χ0v) is 7.70. The van der Waals surface area contributed by atoms with Crippen molar-refractivity contribution < 1.29 is 18.3 Å². The van der Waals surface area contributed by atoms with Gasteiger partial charge in [-0.05, 0) is 0 Å². The third-order valence-corrected chi connectivity index (χ3v) is 1.72. The Balaban J connectivity index is 3.48. The van der Waals surface area contributed by atoms with Crippen molar-refractivity contribution in [2.24, 2.45) is 0 Å². The number of hydrogen-bond donors (Lipinski definition) is 0. The van der Waals surface area contributed by atoms with Crippen LogP contribution < -0.4 is 4.74 Å². The van der Waals surface area contributed by atoms with Gasteiger partial charge in [-0.15, -0.1) is 0 Å². The molecule has 0 aliphatic rings. The van der Waals surface area contributed by atoms with E-state index in [0.717, 1.165) is 6.07 Å². The van der Waals surface area contributed by atoms with Crippen molar-refractivity contribution in [2.75, 3.05) is 7.11 Å². The Morgan fingerprint density at radius 1 is 1.67 bits per heavy atom. The summed E-state index contributed by atoms with van der Waals surface area (Å²) in [6.45, 7) is 0. The molecule has 6 heteroatoms. The van der Waals surface area contributed by atoms with Crippen LogP contribution in [-0.4, -0.2) is 18.4 Å². The van der Waals surface area contributed by atoms with E-state index < -0.39 is 17.7 Å². The Hall–Kier alpha value is -2.03. The Labute approximate surface area is 84.1 Å². The van der Waals surface area contributed by atoms with Crippen LogP contribution in [0.2, 0.25) is 0 Å². The maximum absolute atomic E-state index is 12.5. The number of rotatable bonds is 3. The molecule has 0 fully saturated rings. The van der Waals surface area contributed by atoms with E-state index in [4.69, 9.17) is 5.26 Å². The Morgan fingerprint density at radius 3 is 2.73 bits per heavy atom. The summed E-state index contributed by atoms with van der Waals surface area (Å²) in [7, 11) is 1.26. The van der Waals surface area contributed by atoms with Gasteiger partial charge in [-0.1, -0.05) is 0 Å². The predicted octanol–water partition coefficient (Wildman–Crippen LogP) is 1.71. The molecule has 0 atom stereocenters. The Morgan fingerprint density at radius 2 is 2.33 bits per heavy atom. The molecule has 1 aromatic rings. The van der Waals surface area contributed by atoms with Crippen LogP contribution in [0, 0.1) is 11.3 Å². The second-order valence-corrected chi connectivity index (χ2v) is 2.54. The molecule has 0 amide bonds. The van der Waals surface area contributed by atoms with E-state index in [9.17, 15) is 13.6 Å². The van der Waals surface area contributed by atoms with Crippen LogP contribution in [0.25, 0.3) is 0 Å². The number of hydrogen-bond acceptors (Lipinski definition) is 4. The maximum atomic E-state index is 12.5. The standard InChI is InChI=1S/C9H6F2N2O2/c1-15-7-2-5(3-12)8(9(10)11)6(4-14)13-7/h2,4,9H,1H3. The number of halogens is 2. The topological polar surface area (TPSA) is 63.0 Å². The molecule has 0 aliphatic heterocycles. The van der Waals surface area contributed by atoms with Crippen molar-refractivity contribution >= 4 is 6.29 Å². The molecule has 15 heavy (non-hydrogen) atoms. The first-order chi connectivity index (χ1) is 7.13. The van der Waals surface area contributed by atoms with E-state index in [1.54, 1.807) is 6.07 Å². The van der Waals surface area contributed by atoms with E-state index in [1.165, 1.54) is 7.11 Å². The molecular formula is C9H6F2N2O2. The summed E-state index contributed by atoms with van der Waals surface area (Å²) in [5.74, 6) is -0.0435. The molecule has 4 nitrogen and oxygen atoms in total. The van der Waals surface area contributed by atoms with Crippen LogP contribution in [0.3, 0.4) is 0 Å². The first-order valence-electron chi connectivity index (χ1n) is 3.86. The molecule has 1 rings (SSSR count).